The minimum Gasteiger partial charge on any atom is -0.383 e. The van der Waals surface area contributed by atoms with Crippen molar-refractivity contribution >= 4 is 5.82 Å². The van der Waals surface area contributed by atoms with Gasteiger partial charge in [-0.3, -0.25) is 4.68 Å². The summed E-state index contributed by atoms with van der Waals surface area (Å²) in [6.45, 7) is 1.93. The normalized spacial score (nSPS) is 10.8. The molecule has 0 aliphatic carbocycles. The summed E-state index contributed by atoms with van der Waals surface area (Å²) in [4.78, 5) is 4.38. The minimum atomic E-state index is 0.676. The predicted molar refractivity (Wildman–Crippen MR) is 54.6 cm³/mol. The van der Waals surface area contributed by atoms with Crippen LogP contribution in [0, 0.1) is 6.92 Å². The highest BCUT2D eigenvalue weighted by atomic mass is 15.2. The summed E-state index contributed by atoms with van der Waals surface area (Å²) in [6, 6.07) is 0. The van der Waals surface area contributed by atoms with E-state index in [-0.39, 0.29) is 0 Å². The molecule has 0 spiro atoms. The van der Waals surface area contributed by atoms with Crippen molar-refractivity contribution < 1.29 is 0 Å². The molecule has 2 rings (SSSR count). The number of hydrogen-bond acceptors (Lipinski definition) is 3. The molecule has 0 fully saturated rings. The molecular weight excluding hydrogens is 178 g/mol. The summed E-state index contributed by atoms with van der Waals surface area (Å²) < 4.78 is 3.60. The molecular formula is C9H13N5. The van der Waals surface area contributed by atoms with Crippen LogP contribution >= 0.6 is 0 Å². The van der Waals surface area contributed by atoms with Crippen molar-refractivity contribution in [1.82, 2.24) is 19.3 Å². The lowest BCUT2D eigenvalue weighted by atomic mass is 10.2. The van der Waals surface area contributed by atoms with Gasteiger partial charge >= 0.3 is 0 Å². The van der Waals surface area contributed by atoms with Crippen molar-refractivity contribution in [1.29, 1.82) is 0 Å². The van der Waals surface area contributed by atoms with Gasteiger partial charge in [-0.2, -0.15) is 5.10 Å². The number of aromatic nitrogens is 4. The molecule has 0 aliphatic rings. The Kier molecular flexibility index (Phi) is 1.80. The summed E-state index contributed by atoms with van der Waals surface area (Å²) in [5.74, 6) is 1.58. The summed E-state index contributed by atoms with van der Waals surface area (Å²) in [7, 11) is 3.77. The molecule has 5 nitrogen and oxygen atoms in total. The molecule has 2 N–H and O–H groups in total. The standard InChI is InChI=1S/C9H13N5/c1-6-12-8(9(10)14(6)3)7-4-11-13(2)5-7/h4-5H,10H2,1-3H3. The average Bonchev–Trinajstić information content (AvgIpc) is 2.66. The van der Waals surface area contributed by atoms with E-state index in [1.165, 1.54) is 0 Å². The summed E-state index contributed by atoms with van der Waals surface area (Å²) in [5, 5.41) is 4.08. The van der Waals surface area contributed by atoms with Gasteiger partial charge in [-0.05, 0) is 6.92 Å². The molecule has 0 saturated heterocycles. The maximum atomic E-state index is 5.91. The van der Waals surface area contributed by atoms with E-state index in [0.717, 1.165) is 17.1 Å². The van der Waals surface area contributed by atoms with Crippen molar-refractivity contribution in [3.05, 3.63) is 18.2 Å². The second-order valence-electron chi connectivity index (χ2n) is 3.35. The number of nitrogen functional groups attached to an aromatic ring is 1. The Morgan fingerprint density at radius 3 is 2.50 bits per heavy atom. The Bertz CT molecular complexity index is 466. The third-order valence-electron chi connectivity index (χ3n) is 2.34. The lowest BCUT2D eigenvalue weighted by molar-refractivity contribution is 0.768. The molecule has 0 radical (unpaired) electrons. The molecule has 0 saturated carbocycles. The second-order valence-corrected chi connectivity index (χ2v) is 3.35. The highest BCUT2D eigenvalue weighted by Crippen LogP contribution is 2.24. The first-order chi connectivity index (χ1) is 6.59. The monoisotopic (exact) mass is 191 g/mol. The fourth-order valence-electron chi connectivity index (χ4n) is 1.38. The number of nitrogens with zero attached hydrogens (tertiary/aromatic N) is 4. The molecule has 0 bridgehead atoms. The predicted octanol–water partition coefficient (Wildman–Crippen LogP) is 0.711. The van der Waals surface area contributed by atoms with Crippen LogP contribution in [0.4, 0.5) is 5.82 Å². The number of imidazole rings is 1. The van der Waals surface area contributed by atoms with Gasteiger partial charge in [0.1, 0.15) is 17.3 Å². The zero-order valence-corrected chi connectivity index (χ0v) is 8.52. The van der Waals surface area contributed by atoms with Gasteiger partial charge in [0.25, 0.3) is 0 Å². The average molecular weight is 191 g/mol. The smallest absolute Gasteiger partial charge is 0.131 e. The van der Waals surface area contributed by atoms with Crippen LogP contribution in [0.15, 0.2) is 12.4 Å². The first-order valence-corrected chi connectivity index (χ1v) is 4.37. The van der Waals surface area contributed by atoms with Gasteiger partial charge in [-0.1, -0.05) is 0 Å². The molecule has 0 atom stereocenters. The van der Waals surface area contributed by atoms with Gasteiger partial charge in [-0.15, -0.1) is 0 Å². The topological polar surface area (TPSA) is 61.7 Å². The minimum absolute atomic E-state index is 0.676. The van der Waals surface area contributed by atoms with Crippen LogP contribution in [0.25, 0.3) is 11.3 Å². The van der Waals surface area contributed by atoms with Gasteiger partial charge < -0.3 is 10.3 Å². The summed E-state index contributed by atoms with van der Waals surface area (Å²) in [5.41, 5.74) is 7.66. The first-order valence-electron chi connectivity index (χ1n) is 4.37. The largest absolute Gasteiger partial charge is 0.383 e. The molecule has 0 aromatic carbocycles. The van der Waals surface area contributed by atoms with E-state index in [1.807, 2.05) is 31.8 Å². The highest BCUT2D eigenvalue weighted by Gasteiger charge is 2.11. The van der Waals surface area contributed by atoms with E-state index >= 15 is 0 Å². The maximum Gasteiger partial charge on any atom is 0.131 e. The SMILES string of the molecule is Cc1nc(-c2cnn(C)c2)c(N)n1C. The lowest BCUT2D eigenvalue weighted by Crippen LogP contribution is -1.98. The van der Waals surface area contributed by atoms with Gasteiger partial charge in [0.05, 0.1) is 6.20 Å². The fourth-order valence-corrected chi connectivity index (χ4v) is 1.38. The molecule has 2 aromatic heterocycles. The molecule has 0 amide bonds. The third kappa shape index (κ3) is 1.17. The number of hydrogen-bond donors (Lipinski definition) is 1. The van der Waals surface area contributed by atoms with Gasteiger partial charge in [0.2, 0.25) is 0 Å². The van der Waals surface area contributed by atoms with Crippen molar-refractivity contribution in [3.8, 4) is 11.3 Å². The second kappa shape index (κ2) is 2.87. The van der Waals surface area contributed by atoms with Gasteiger partial charge in [0.15, 0.2) is 0 Å². The molecule has 74 valence electrons. The van der Waals surface area contributed by atoms with Crippen molar-refractivity contribution in [3.63, 3.8) is 0 Å². The van der Waals surface area contributed by atoms with Crippen LogP contribution < -0.4 is 5.73 Å². The summed E-state index contributed by atoms with van der Waals surface area (Å²) >= 11 is 0. The zero-order valence-electron chi connectivity index (χ0n) is 8.52. The molecule has 2 aromatic rings. The highest BCUT2D eigenvalue weighted by molar-refractivity contribution is 5.69. The van der Waals surface area contributed by atoms with Crippen LogP contribution in [0.5, 0.6) is 0 Å². The van der Waals surface area contributed by atoms with Crippen LogP contribution in [0.2, 0.25) is 0 Å². The Balaban J connectivity index is 2.57. The van der Waals surface area contributed by atoms with Crippen LogP contribution in [-0.4, -0.2) is 19.3 Å². The van der Waals surface area contributed by atoms with E-state index in [9.17, 15) is 0 Å². The van der Waals surface area contributed by atoms with Crippen LogP contribution in [-0.2, 0) is 14.1 Å². The van der Waals surface area contributed by atoms with Crippen LogP contribution in [0.1, 0.15) is 5.82 Å². The van der Waals surface area contributed by atoms with Crippen LogP contribution in [0.3, 0.4) is 0 Å². The first kappa shape index (κ1) is 8.80. The number of aryl methyl sites for hydroxylation is 2. The Hall–Kier alpha value is -1.78. The Labute approximate surface area is 82.2 Å². The van der Waals surface area contributed by atoms with Crippen molar-refractivity contribution in [2.75, 3.05) is 5.73 Å². The molecule has 0 unspecified atom stereocenters. The number of nitrogens with two attached hydrogens (primary N) is 1. The van der Waals surface area contributed by atoms with E-state index in [4.69, 9.17) is 5.73 Å². The summed E-state index contributed by atoms with van der Waals surface area (Å²) in [6.07, 6.45) is 3.66. The zero-order chi connectivity index (χ0) is 10.3. The quantitative estimate of drug-likeness (QED) is 0.722. The maximum absolute atomic E-state index is 5.91. The Morgan fingerprint density at radius 2 is 2.07 bits per heavy atom. The molecule has 2 heterocycles. The van der Waals surface area contributed by atoms with E-state index in [0.29, 0.717) is 5.82 Å². The molecule has 5 heteroatoms. The van der Waals surface area contributed by atoms with E-state index < -0.39 is 0 Å². The van der Waals surface area contributed by atoms with E-state index in [2.05, 4.69) is 10.1 Å². The number of rotatable bonds is 1. The third-order valence-corrected chi connectivity index (χ3v) is 2.34. The van der Waals surface area contributed by atoms with E-state index in [1.54, 1.807) is 10.9 Å². The number of anilines is 1. The van der Waals surface area contributed by atoms with Gasteiger partial charge in [0, 0.05) is 25.9 Å². The van der Waals surface area contributed by atoms with Gasteiger partial charge in [-0.25, -0.2) is 4.98 Å². The molecule has 14 heavy (non-hydrogen) atoms. The van der Waals surface area contributed by atoms with Crippen molar-refractivity contribution in [2.45, 2.75) is 6.92 Å². The Morgan fingerprint density at radius 1 is 1.36 bits per heavy atom. The van der Waals surface area contributed by atoms with Crippen molar-refractivity contribution in [2.24, 2.45) is 14.1 Å². The fraction of sp³-hybridized carbons (Fsp3) is 0.333. The lowest BCUT2D eigenvalue weighted by Gasteiger charge is -1.96. The molecule has 0 aliphatic heterocycles.